The second-order valence-electron chi connectivity index (χ2n) is 6.68. The van der Waals surface area contributed by atoms with E-state index in [-0.39, 0.29) is 6.10 Å². The Labute approximate surface area is 138 Å². The van der Waals surface area contributed by atoms with E-state index in [1.165, 1.54) is 29.7 Å². The van der Waals surface area contributed by atoms with Crippen LogP contribution in [0.4, 0.5) is 5.69 Å². The number of fused-ring (bicyclic) bond motifs is 2. The van der Waals surface area contributed by atoms with E-state index in [0.717, 1.165) is 37.5 Å². The lowest BCUT2D eigenvalue weighted by atomic mass is 9.99. The lowest BCUT2D eigenvalue weighted by molar-refractivity contribution is 0.226. The Morgan fingerprint density at radius 2 is 2.04 bits per heavy atom. The van der Waals surface area contributed by atoms with Gasteiger partial charge in [-0.05, 0) is 48.6 Å². The van der Waals surface area contributed by atoms with Gasteiger partial charge >= 0.3 is 0 Å². The zero-order chi connectivity index (χ0) is 15.6. The van der Waals surface area contributed by atoms with E-state index in [4.69, 9.17) is 4.74 Å². The Kier molecular flexibility index (Phi) is 3.96. The molecule has 2 heterocycles. The highest BCUT2D eigenvalue weighted by Crippen LogP contribution is 2.30. The fourth-order valence-corrected chi connectivity index (χ4v) is 3.52. The summed E-state index contributed by atoms with van der Waals surface area (Å²) in [5.74, 6) is 0.986. The van der Waals surface area contributed by atoms with Crippen molar-refractivity contribution in [3.8, 4) is 5.75 Å². The highest BCUT2D eigenvalue weighted by Gasteiger charge is 2.17. The monoisotopic (exact) mass is 308 g/mol. The largest absolute Gasteiger partial charge is 0.487 e. The standard InChI is InChI=1S/C20H24N2O/c1-15-13-21-19-12-16(6-7-20(19)23-15)8-10-22-11-9-17-4-2-3-5-18(17)14-22/h2-7,12,15,21H,8-11,13-14H2,1H3. The number of nitrogens with one attached hydrogen (secondary N) is 1. The number of anilines is 1. The summed E-state index contributed by atoms with van der Waals surface area (Å²) in [6, 6.07) is 15.4. The second-order valence-corrected chi connectivity index (χ2v) is 6.68. The average Bonchev–Trinajstić information content (AvgIpc) is 2.59. The summed E-state index contributed by atoms with van der Waals surface area (Å²) in [6.45, 7) is 6.35. The van der Waals surface area contributed by atoms with Crippen molar-refractivity contribution in [2.45, 2.75) is 32.4 Å². The third kappa shape index (κ3) is 3.20. The van der Waals surface area contributed by atoms with Crippen molar-refractivity contribution in [3.63, 3.8) is 0 Å². The highest BCUT2D eigenvalue weighted by molar-refractivity contribution is 5.59. The molecule has 3 heteroatoms. The summed E-state index contributed by atoms with van der Waals surface area (Å²) in [4.78, 5) is 2.56. The number of ether oxygens (including phenoxy) is 1. The van der Waals surface area contributed by atoms with E-state index in [1.807, 2.05) is 0 Å². The van der Waals surface area contributed by atoms with Gasteiger partial charge in [-0.3, -0.25) is 4.90 Å². The van der Waals surface area contributed by atoms with Crippen LogP contribution in [0.15, 0.2) is 42.5 Å². The molecule has 0 aliphatic carbocycles. The lowest BCUT2D eigenvalue weighted by Crippen LogP contribution is -2.32. The van der Waals surface area contributed by atoms with E-state index < -0.39 is 0 Å². The highest BCUT2D eigenvalue weighted by atomic mass is 16.5. The van der Waals surface area contributed by atoms with Gasteiger partial charge in [0, 0.05) is 19.6 Å². The fraction of sp³-hybridized carbons (Fsp3) is 0.400. The van der Waals surface area contributed by atoms with Gasteiger partial charge in [0.25, 0.3) is 0 Å². The molecule has 4 rings (SSSR count). The van der Waals surface area contributed by atoms with Crippen LogP contribution in [0, 0.1) is 0 Å². The van der Waals surface area contributed by atoms with Crippen LogP contribution in [0.25, 0.3) is 0 Å². The Balaban J connectivity index is 1.38. The first-order chi connectivity index (χ1) is 11.3. The average molecular weight is 308 g/mol. The Morgan fingerprint density at radius 3 is 2.96 bits per heavy atom. The summed E-state index contributed by atoms with van der Waals surface area (Å²) >= 11 is 0. The molecule has 0 aromatic heterocycles. The van der Waals surface area contributed by atoms with E-state index in [0.29, 0.717) is 0 Å². The van der Waals surface area contributed by atoms with E-state index in [1.54, 1.807) is 0 Å². The minimum absolute atomic E-state index is 0.252. The zero-order valence-electron chi connectivity index (χ0n) is 13.7. The minimum Gasteiger partial charge on any atom is -0.487 e. The van der Waals surface area contributed by atoms with Crippen molar-refractivity contribution < 1.29 is 4.74 Å². The molecular formula is C20H24N2O. The number of benzene rings is 2. The predicted octanol–water partition coefficient (Wildman–Crippen LogP) is 3.48. The van der Waals surface area contributed by atoms with Crippen LogP contribution in [0.5, 0.6) is 5.75 Å². The molecule has 0 saturated carbocycles. The van der Waals surface area contributed by atoms with Crippen molar-refractivity contribution in [1.29, 1.82) is 0 Å². The topological polar surface area (TPSA) is 24.5 Å². The number of hydrogen-bond acceptors (Lipinski definition) is 3. The molecule has 0 spiro atoms. The molecule has 2 aliphatic heterocycles. The molecule has 0 bridgehead atoms. The molecule has 3 nitrogen and oxygen atoms in total. The van der Waals surface area contributed by atoms with E-state index >= 15 is 0 Å². The van der Waals surface area contributed by atoms with Crippen LogP contribution in [0.1, 0.15) is 23.6 Å². The van der Waals surface area contributed by atoms with Gasteiger partial charge in [-0.25, -0.2) is 0 Å². The second kappa shape index (κ2) is 6.25. The lowest BCUT2D eigenvalue weighted by Gasteiger charge is -2.29. The molecule has 2 aromatic carbocycles. The molecule has 2 aromatic rings. The molecule has 0 radical (unpaired) electrons. The third-order valence-electron chi connectivity index (χ3n) is 4.88. The van der Waals surface area contributed by atoms with Crippen LogP contribution in [-0.4, -0.2) is 30.6 Å². The quantitative estimate of drug-likeness (QED) is 0.939. The van der Waals surface area contributed by atoms with Gasteiger partial charge in [0.05, 0.1) is 12.2 Å². The fourth-order valence-electron chi connectivity index (χ4n) is 3.52. The number of nitrogens with zero attached hydrogens (tertiary/aromatic N) is 1. The van der Waals surface area contributed by atoms with Gasteiger partial charge in [-0.2, -0.15) is 0 Å². The van der Waals surface area contributed by atoms with Gasteiger partial charge < -0.3 is 10.1 Å². The normalized spacial score (nSPS) is 20.1. The molecule has 120 valence electrons. The van der Waals surface area contributed by atoms with Gasteiger partial charge in [-0.1, -0.05) is 30.3 Å². The molecule has 1 N–H and O–H groups in total. The first-order valence-corrected chi connectivity index (χ1v) is 8.60. The van der Waals surface area contributed by atoms with Crippen LogP contribution in [-0.2, 0) is 19.4 Å². The molecule has 1 atom stereocenters. The van der Waals surface area contributed by atoms with Crippen molar-refractivity contribution >= 4 is 5.69 Å². The molecule has 1 unspecified atom stereocenters. The maximum Gasteiger partial charge on any atom is 0.142 e. The van der Waals surface area contributed by atoms with E-state index in [9.17, 15) is 0 Å². The van der Waals surface area contributed by atoms with Crippen LogP contribution in [0.3, 0.4) is 0 Å². The van der Waals surface area contributed by atoms with Gasteiger partial charge in [0.15, 0.2) is 0 Å². The molecule has 23 heavy (non-hydrogen) atoms. The summed E-state index contributed by atoms with van der Waals surface area (Å²) in [5, 5.41) is 3.47. The van der Waals surface area contributed by atoms with Gasteiger partial charge in [0.2, 0.25) is 0 Å². The summed E-state index contributed by atoms with van der Waals surface area (Å²) in [7, 11) is 0. The SMILES string of the molecule is CC1CNc2cc(CCN3CCc4ccccc4C3)ccc2O1. The smallest absolute Gasteiger partial charge is 0.142 e. The molecular weight excluding hydrogens is 284 g/mol. The molecule has 2 aliphatic rings. The molecule has 0 saturated heterocycles. The van der Waals surface area contributed by atoms with Crippen molar-refractivity contribution in [2.75, 3.05) is 25.0 Å². The first-order valence-electron chi connectivity index (χ1n) is 8.60. The third-order valence-corrected chi connectivity index (χ3v) is 4.88. The Hall–Kier alpha value is -2.00. The Bertz CT molecular complexity index is 698. The number of rotatable bonds is 3. The van der Waals surface area contributed by atoms with Crippen molar-refractivity contribution in [1.82, 2.24) is 4.90 Å². The van der Waals surface area contributed by atoms with Crippen LogP contribution >= 0.6 is 0 Å². The minimum atomic E-state index is 0.252. The van der Waals surface area contributed by atoms with Gasteiger partial charge in [-0.15, -0.1) is 0 Å². The maximum absolute atomic E-state index is 5.85. The summed E-state index contributed by atoms with van der Waals surface area (Å²) in [6.07, 6.45) is 2.52. The van der Waals surface area contributed by atoms with Gasteiger partial charge in [0.1, 0.15) is 11.9 Å². The maximum atomic E-state index is 5.85. The number of hydrogen-bond donors (Lipinski definition) is 1. The predicted molar refractivity (Wildman–Crippen MR) is 94.1 cm³/mol. The van der Waals surface area contributed by atoms with Crippen LogP contribution < -0.4 is 10.1 Å². The summed E-state index contributed by atoms with van der Waals surface area (Å²) < 4.78 is 5.85. The summed E-state index contributed by atoms with van der Waals surface area (Å²) in [5.41, 5.74) is 5.54. The zero-order valence-corrected chi connectivity index (χ0v) is 13.7. The Morgan fingerprint density at radius 1 is 1.17 bits per heavy atom. The molecule has 0 fully saturated rings. The van der Waals surface area contributed by atoms with E-state index in [2.05, 4.69) is 59.6 Å². The first kappa shape index (κ1) is 14.6. The van der Waals surface area contributed by atoms with Crippen molar-refractivity contribution in [2.24, 2.45) is 0 Å². The van der Waals surface area contributed by atoms with Crippen LogP contribution in [0.2, 0.25) is 0 Å². The van der Waals surface area contributed by atoms with Crippen molar-refractivity contribution in [3.05, 3.63) is 59.2 Å². The molecule has 0 amide bonds.